The lowest BCUT2D eigenvalue weighted by Gasteiger charge is -2.16. The molecule has 5 nitrogen and oxygen atoms in total. The Balaban J connectivity index is 2.30. The van der Waals surface area contributed by atoms with Crippen LogP contribution in [0.15, 0.2) is 18.2 Å². The third-order valence-electron chi connectivity index (χ3n) is 2.76. The van der Waals surface area contributed by atoms with Crippen LogP contribution in [0.1, 0.15) is 18.9 Å². The molecule has 1 amide bonds. The lowest BCUT2D eigenvalue weighted by molar-refractivity contribution is -0.117. The second-order valence-corrected chi connectivity index (χ2v) is 6.19. The highest BCUT2D eigenvalue weighted by atomic mass is 32.2. The predicted molar refractivity (Wildman–Crippen MR) is 71.3 cm³/mol. The summed E-state index contributed by atoms with van der Waals surface area (Å²) in [5.74, 6) is 0.0726. The van der Waals surface area contributed by atoms with Gasteiger partial charge in [-0.05, 0) is 30.2 Å². The molecule has 2 rings (SSSR count). The summed E-state index contributed by atoms with van der Waals surface area (Å²) >= 11 is 0. The van der Waals surface area contributed by atoms with E-state index in [0.717, 1.165) is 23.9 Å². The van der Waals surface area contributed by atoms with Crippen LogP contribution in [-0.2, 0) is 21.2 Å². The van der Waals surface area contributed by atoms with E-state index in [-0.39, 0.29) is 5.91 Å². The van der Waals surface area contributed by atoms with Gasteiger partial charge in [0.15, 0.2) is 0 Å². The Kier molecular flexibility index (Phi) is 3.30. The molecule has 1 aliphatic rings. The van der Waals surface area contributed by atoms with Crippen molar-refractivity contribution < 1.29 is 13.2 Å². The van der Waals surface area contributed by atoms with Gasteiger partial charge < -0.3 is 4.90 Å². The third kappa shape index (κ3) is 2.64. The van der Waals surface area contributed by atoms with Crippen LogP contribution in [0.4, 0.5) is 11.4 Å². The van der Waals surface area contributed by atoms with E-state index < -0.39 is 10.0 Å². The number of hydrogen-bond acceptors (Lipinski definition) is 3. The maximum Gasteiger partial charge on any atom is 0.231 e. The van der Waals surface area contributed by atoms with Gasteiger partial charge in [0.1, 0.15) is 0 Å². The SMILES string of the molecule is CCCN1C(=O)Cc2cc(NS(C)(=O)=O)ccc21. The summed E-state index contributed by atoms with van der Waals surface area (Å²) in [7, 11) is -3.28. The van der Waals surface area contributed by atoms with Crippen molar-refractivity contribution in [3.8, 4) is 0 Å². The molecule has 98 valence electrons. The summed E-state index contributed by atoms with van der Waals surface area (Å²) in [4.78, 5) is 13.6. The molecule has 0 atom stereocenters. The molecule has 0 aromatic heterocycles. The molecule has 0 saturated heterocycles. The van der Waals surface area contributed by atoms with Gasteiger partial charge >= 0.3 is 0 Å². The van der Waals surface area contributed by atoms with Crippen molar-refractivity contribution in [2.24, 2.45) is 0 Å². The molecule has 0 spiro atoms. The van der Waals surface area contributed by atoms with Crippen molar-refractivity contribution in [1.82, 2.24) is 0 Å². The van der Waals surface area contributed by atoms with Crippen LogP contribution in [0.3, 0.4) is 0 Å². The third-order valence-corrected chi connectivity index (χ3v) is 3.37. The van der Waals surface area contributed by atoms with Crippen LogP contribution in [0, 0.1) is 0 Å². The number of nitrogens with one attached hydrogen (secondary N) is 1. The van der Waals surface area contributed by atoms with Gasteiger partial charge in [-0.3, -0.25) is 9.52 Å². The lowest BCUT2D eigenvalue weighted by Crippen LogP contribution is -2.27. The second kappa shape index (κ2) is 4.61. The number of carbonyl (C=O) groups is 1. The molecule has 1 N–H and O–H groups in total. The molecule has 0 fully saturated rings. The Morgan fingerprint density at radius 3 is 2.72 bits per heavy atom. The first kappa shape index (κ1) is 12.9. The highest BCUT2D eigenvalue weighted by Gasteiger charge is 2.26. The van der Waals surface area contributed by atoms with Crippen LogP contribution in [0.2, 0.25) is 0 Å². The van der Waals surface area contributed by atoms with Gasteiger partial charge in [-0.1, -0.05) is 6.92 Å². The molecule has 0 bridgehead atoms. The highest BCUT2D eigenvalue weighted by Crippen LogP contribution is 2.31. The molecule has 6 heteroatoms. The number of benzene rings is 1. The molecule has 1 heterocycles. The lowest BCUT2D eigenvalue weighted by atomic mass is 10.1. The number of anilines is 2. The Labute approximate surface area is 107 Å². The van der Waals surface area contributed by atoms with Crippen molar-refractivity contribution in [3.63, 3.8) is 0 Å². The maximum atomic E-state index is 11.8. The Morgan fingerprint density at radius 2 is 2.11 bits per heavy atom. The van der Waals surface area contributed by atoms with E-state index in [9.17, 15) is 13.2 Å². The zero-order valence-corrected chi connectivity index (χ0v) is 11.3. The van der Waals surface area contributed by atoms with Crippen molar-refractivity contribution in [2.75, 3.05) is 22.4 Å². The van der Waals surface area contributed by atoms with E-state index in [1.165, 1.54) is 0 Å². The van der Waals surface area contributed by atoms with E-state index in [0.29, 0.717) is 18.7 Å². The van der Waals surface area contributed by atoms with Gasteiger partial charge in [0.2, 0.25) is 15.9 Å². The molecular formula is C12H16N2O3S. The average molecular weight is 268 g/mol. The number of nitrogens with zero attached hydrogens (tertiary/aromatic N) is 1. The predicted octanol–water partition coefficient (Wildman–Crippen LogP) is 1.36. The highest BCUT2D eigenvalue weighted by molar-refractivity contribution is 7.92. The minimum Gasteiger partial charge on any atom is -0.312 e. The molecule has 0 aliphatic carbocycles. The largest absolute Gasteiger partial charge is 0.312 e. The van der Waals surface area contributed by atoms with Crippen LogP contribution in [-0.4, -0.2) is 27.1 Å². The monoisotopic (exact) mass is 268 g/mol. The topological polar surface area (TPSA) is 66.5 Å². The molecule has 0 saturated carbocycles. The van der Waals surface area contributed by atoms with Crippen LogP contribution in [0.25, 0.3) is 0 Å². The van der Waals surface area contributed by atoms with Crippen molar-refractivity contribution in [1.29, 1.82) is 0 Å². The number of hydrogen-bond donors (Lipinski definition) is 1. The molecule has 1 aromatic carbocycles. The smallest absolute Gasteiger partial charge is 0.231 e. The van der Waals surface area contributed by atoms with Crippen LogP contribution < -0.4 is 9.62 Å². The van der Waals surface area contributed by atoms with Gasteiger partial charge in [0.05, 0.1) is 12.7 Å². The minimum atomic E-state index is -3.28. The Hall–Kier alpha value is -1.56. The van der Waals surface area contributed by atoms with Gasteiger partial charge in [0, 0.05) is 17.9 Å². The molecule has 0 radical (unpaired) electrons. The average Bonchev–Trinajstić information content (AvgIpc) is 2.53. The quantitative estimate of drug-likeness (QED) is 0.896. The molecule has 1 aromatic rings. The number of fused-ring (bicyclic) bond motifs is 1. The summed E-state index contributed by atoms with van der Waals surface area (Å²) in [6, 6.07) is 5.20. The number of carbonyl (C=O) groups excluding carboxylic acids is 1. The van der Waals surface area contributed by atoms with E-state index in [4.69, 9.17) is 0 Å². The number of sulfonamides is 1. The molecule has 0 unspecified atom stereocenters. The fourth-order valence-corrected chi connectivity index (χ4v) is 2.68. The summed E-state index contributed by atoms with van der Waals surface area (Å²) in [5.41, 5.74) is 2.27. The maximum absolute atomic E-state index is 11.8. The first-order valence-corrected chi connectivity index (χ1v) is 7.71. The van der Waals surface area contributed by atoms with E-state index in [1.54, 1.807) is 23.1 Å². The van der Waals surface area contributed by atoms with Gasteiger partial charge in [-0.2, -0.15) is 0 Å². The zero-order chi connectivity index (χ0) is 13.3. The summed E-state index contributed by atoms with van der Waals surface area (Å²) < 4.78 is 24.7. The van der Waals surface area contributed by atoms with E-state index in [2.05, 4.69) is 4.72 Å². The Bertz CT molecular complexity index is 581. The van der Waals surface area contributed by atoms with Crippen molar-refractivity contribution >= 4 is 27.3 Å². The molecule has 1 aliphatic heterocycles. The second-order valence-electron chi connectivity index (χ2n) is 4.44. The fraction of sp³-hybridized carbons (Fsp3) is 0.417. The molecule has 18 heavy (non-hydrogen) atoms. The van der Waals surface area contributed by atoms with Crippen LogP contribution in [0.5, 0.6) is 0 Å². The van der Waals surface area contributed by atoms with Crippen molar-refractivity contribution in [2.45, 2.75) is 19.8 Å². The summed E-state index contributed by atoms with van der Waals surface area (Å²) in [6.07, 6.45) is 2.35. The van der Waals surface area contributed by atoms with Gasteiger partial charge in [-0.25, -0.2) is 8.42 Å². The first-order chi connectivity index (χ1) is 8.40. The normalized spacial score (nSPS) is 14.8. The summed E-state index contributed by atoms with van der Waals surface area (Å²) in [6.45, 7) is 2.72. The zero-order valence-electron chi connectivity index (χ0n) is 10.4. The number of rotatable bonds is 4. The standard InChI is InChI=1S/C12H16N2O3S/c1-3-6-14-11-5-4-10(13-18(2,16)17)7-9(11)8-12(14)15/h4-5,7,13H,3,6,8H2,1-2H3. The van der Waals surface area contributed by atoms with Gasteiger partial charge in [-0.15, -0.1) is 0 Å². The van der Waals surface area contributed by atoms with E-state index >= 15 is 0 Å². The van der Waals surface area contributed by atoms with Crippen LogP contribution >= 0.6 is 0 Å². The van der Waals surface area contributed by atoms with Gasteiger partial charge in [0.25, 0.3) is 0 Å². The fourth-order valence-electron chi connectivity index (χ4n) is 2.13. The Morgan fingerprint density at radius 1 is 1.39 bits per heavy atom. The van der Waals surface area contributed by atoms with E-state index in [1.807, 2.05) is 6.92 Å². The van der Waals surface area contributed by atoms with Crippen molar-refractivity contribution in [3.05, 3.63) is 23.8 Å². The first-order valence-electron chi connectivity index (χ1n) is 5.82. The minimum absolute atomic E-state index is 0.0726. The summed E-state index contributed by atoms with van der Waals surface area (Å²) in [5, 5.41) is 0. The number of amides is 1. The molecular weight excluding hydrogens is 252 g/mol.